The van der Waals surface area contributed by atoms with Crippen molar-refractivity contribution in [2.75, 3.05) is 6.61 Å². The second kappa shape index (κ2) is 3.94. The molecule has 4 nitrogen and oxygen atoms in total. The van der Waals surface area contributed by atoms with Gasteiger partial charge < -0.3 is 14.9 Å². The summed E-state index contributed by atoms with van der Waals surface area (Å²) in [6, 6.07) is 0. The molecule has 0 spiro atoms. The monoisotopic (exact) mass is 254 g/mol. The van der Waals surface area contributed by atoms with E-state index in [4.69, 9.17) is 4.74 Å². The summed E-state index contributed by atoms with van der Waals surface area (Å²) in [5.41, 5.74) is -0.594. The molecule has 3 fully saturated rings. The zero-order chi connectivity index (χ0) is 13.1. The Labute approximate surface area is 107 Å². The van der Waals surface area contributed by atoms with Gasteiger partial charge in [0.15, 0.2) is 0 Å². The first-order valence-electron chi connectivity index (χ1n) is 6.99. The minimum atomic E-state index is -0.826. The van der Waals surface area contributed by atoms with E-state index in [0.29, 0.717) is 5.92 Å². The van der Waals surface area contributed by atoms with E-state index in [9.17, 15) is 15.0 Å². The van der Waals surface area contributed by atoms with Crippen molar-refractivity contribution in [3.8, 4) is 0 Å². The van der Waals surface area contributed by atoms with Gasteiger partial charge in [0.05, 0.1) is 24.2 Å². The van der Waals surface area contributed by atoms with Gasteiger partial charge in [-0.1, -0.05) is 13.3 Å². The standard InChI is InChI=1S/C14H22O4/c1-7-3-4-9-8(5-7)11(15)12(16)10-6-18-13(17)14(9,10)2/h7-12,15-16H,3-6H2,1-2H3/t7-,8-,9-,10-,11+,12+,14+/m0/s1. The van der Waals surface area contributed by atoms with Crippen LogP contribution in [-0.2, 0) is 9.53 Å². The molecule has 1 heterocycles. The molecule has 7 atom stereocenters. The molecule has 1 saturated heterocycles. The van der Waals surface area contributed by atoms with Crippen LogP contribution in [0.1, 0.15) is 33.1 Å². The molecular formula is C14H22O4. The van der Waals surface area contributed by atoms with Crippen molar-refractivity contribution in [2.24, 2.45) is 29.1 Å². The molecule has 0 amide bonds. The fraction of sp³-hybridized carbons (Fsp3) is 0.929. The van der Waals surface area contributed by atoms with E-state index < -0.39 is 17.6 Å². The van der Waals surface area contributed by atoms with Gasteiger partial charge in [-0.25, -0.2) is 0 Å². The lowest BCUT2D eigenvalue weighted by molar-refractivity contribution is -0.175. The first-order valence-corrected chi connectivity index (χ1v) is 6.99. The molecule has 2 aliphatic carbocycles. The molecule has 1 aliphatic heterocycles. The highest BCUT2D eigenvalue weighted by molar-refractivity contribution is 5.79. The highest BCUT2D eigenvalue weighted by atomic mass is 16.5. The molecule has 2 N–H and O–H groups in total. The quantitative estimate of drug-likeness (QED) is 0.632. The summed E-state index contributed by atoms with van der Waals surface area (Å²) in [7, 11) is 0. The van der Waals surface area contributed by atoms with Crippen LogP contribution in [0.25, 0.3) is 0 Å². The summed E-state index contributed by atoms with van der Waals surface area (Å²) in [4.78, 5) is 12.1. The molecular weight excluding hydrogens is 232 g/mol. The number of carbonyl (C=O) groups excluding carboxylic acids is 1. The Morgan fingerprint density at radius 3 is 2.67 bits per heavy atom. The second-order valence-electron chi connectivity index (χ2n) is 6.66. The number of aliphatic hydroxyl groups excluding tert-OH is 2. The van der Waals surface area contributed by atoms with Gasteiger partial charge in [-0.3, -0.25) is 4.79 Å². The molecule has 102 valence electrons. The number of hydrogen-bond acceptors (Lipinski definition) is 4. The highest BCUT2D eigenvalue weighted by Gasteiger charge is 2.64. The van der Waals surface area contributed by atoms with Crippen molar-refractivity contribution in [2.45, 2.75) is 45.3 Å². The molecule has 0 aromatic carbocycles. The Bertz CT molecular complexity index is 369. The summed E-state index contributed by atoms with van der Waals surface area (Å²) in [5.74, 6) is 0.339. The normalized spacial score (nSPS) is 55.7. The zero-order valence-electron chi connectivity index (χ0n) is 11.0. The predicted molar refractivity (Wildman–Crippen MR) is 64.6 cm³/mol. The van der Waals surface area contributed by atoms with E-state index in [1.807, 2.05) is 6.92 Å². The third kappa shape index (κ3) is 1.42. The number of esters is 1. The number of rotatable bonds is 0. The lowest BCUT2D eigenvalue weighted by atomic mass is 9.52. The number of hydrogen-bond donors (Lipinski definition) is 2. The fourth-order valence-corrected chi connectivity index (χ4v) is 4.56. The Hall–Kier alpha value is -0.610. The number of fused-ring (bicyclic) bond motifs is 3. The summed E-state index contributed by atoms with van der Waals surface area (Å²) in [5, 5.41) is 20.6. The molecule has 0 bridgehead atoms. The van der Waals surface area contributed by atoms with E-state index in [-0.39, 0.29) is 30.3 Å². The number of cyclic esters (lactones) is 1. The van der Waals surface area contributed by atoms with Crippen LogP contribution in [0.2, 0.25) is 0 Å². The van der Waals surface area contributed by atoms with E-state index in [1.54, 1.807) is 0 Å². The van der Waals surface area contributed by atoms with Crippen LogP contribution >= 0.6 is 0 Å². The molecule has 4 heteroatoms. The van der Waals surface area contributed by atoms with Gasteiger partial charge in [0.25, 0.3) is 0 Å². The maximum Gasteiger partial charge on any atom is 0.312 e. The van der Waals surface area contributed by atoms with Crippen LogP contribution in [0.4, 0.5) is 0 Å². The van der Waals surface area contributed by atoms with Crippen LogP contribution in [0.3, 0.4) is 0 Å². The second-order valence-corrected chi connectivity index (χ2v) is 6.66. The van der Waals surface area contributed by atoms with Crippen molar-refractivity contribution in [1.82, 2.24) is 0 Å². The van der Waals surface area contributed by atoms with Crippen LogP contribution in [0, 0.1) is 29.1 Å². The average Bonchev–Trinajstić information content (AvgIpc) is 2.64. The van der Waals surface area contributed by atoms with Crippen LogP contribution in [-0.4, -0.2) is 35.0 Å². The molecule has 0 unspecified atom stereocenters. The van der Waals surface area contributed by atoms with E-state index in [2.05, 4.69) is 6.92 Å². The van der Waals surface area contributed by atoms with Gasteiger partial charge in [-0.05, 0) is 37.5 Å². The van der Waals surface area contributed by atoms with Gasteiger partial charge in [0.2, 0.25) is 0 Å². The van der Waals surface area contributed by atoms with Crippen LogP contribution in [0.15, 0.2) is 0 Å². The first-order chi connectivity index (χ1) is 8.46. The third-order valence-electron chi connectivity index (χ3n) is 5.74. The minimum Gasteiger partial charge on any atom is -0.465 e. The van der Waals surface area contributed by atoms with Gasteiger partial charge in [0, 0.05) is 5.92 Å². The third-order valence-corrected chi connectivity index (χ3v) is 5.74. The van der Waals surface area contributed by atoms with Crippen molar-refractivity contribution >= 4 is 5.97 Å². The lowest BCUT2D eigenvalue weighted by Crippen LogP contribution is -2.59. The predicted octanol–water partition coefficient (Wildman–Crippen LogP) is 0.954. The van der Waals surface area contributed by atoms with Gasteiger partial charge in [-0.2, -0.15) is 0 Å². The summed E-state index contributed by atoms with van der Waals surface area (Å²) >= 11 is 0. The van der Waals surface area contributed by atoms with E-state index in [0.717, 1.165) is 19.3 Å². The van der Waals surface area contributed by atoms with Crippen molar-refractivity contribution in [3.05, 3.63) is 0 Å². The molecule has 0 aromatic heterocycles. The largest absolute Gasteiger partial charge is 0.465 e. The topological polar surface area (TPSA) is 66.8 Å². The Morgan fingerprint density at radius 2 is 1.94 bits per heavy atom. The SMILES string of the molecule is C[C@H]1CC[C@H]2[C@H](C1)[C@@H](O)[C@H](O)[C@@H]1COC(=O)[C@@]12C. The highest BCUT2D eigenvalue weighted by Crippen LogP contribution is 2.57. The number of carbonyl (C=O) groups is 1. The maximum absolute atomic E-state index is 12.1. The molecule has 0 aromatic rings. The Morgan fingerprint density at radius 1 is 1.22 bits per heavy atom. The molecule has 2 saturated carbocycles. The smallest absolute Gasteiger partial charge is 0.312 e. The lowest BCUT2D eigenvalue weighted by Gasteiger charge is -2.52. The van der Waals surface area contributed by atoms with Gasteiger partial charge in [-0.15, -0.1) is 0 Å². The fourth-order valence-electron chi connectivity index (χ4n) is 4.56. The molecule has 3 rings (SSSR count). The Balaban J connectivity index is 1.99. The average molecular weight is 254 g/mol. The van der Waals surface area contributed by atoms with Gasteiger partial charge in [0.1, 0.15) is 0 Å². The molecule has 0 radical (unpaired) electrons. The van der Waals surface area contributed by atoms with Crippen LogP contribution < -0.4 is 0 Å². The molecule has 18 heavy (non-hydrogen) atoms. The van der Waals surface area contributed by atoms with Crippen molar-refractivity contribution in [1.29, 1.82) is 0 Å². The van der Waals surface area contributed by atoms with E-state index in [1.165, 1.54) is 0 Å². The van der Waals surface area contributed by atoms with Crippen molar-refractivity contribution < 1.29 is 19.7 Å². The number of aliphatic hydroxyl groups is 2. The Kier molecular flexibility index (Phi) is 2.72. The minimum absolute atomic E-state index is 0.0376. The summed E-state index contributed by atoms with van der Waals surface area (Å²) in [6.45, 7) is 4.36. The zero-order valence-corrected chi connectivity index (χ0v) is 11.0. The first kappa shape index (κ1) is 12.4. The van der Waals surface area contributed by atoms with Crippen molar-refractivity contribution in [3.63, 3.8) is 0 Å². The molecule has 3 aliphatic rings. The van der Waals surface area contributed by atoms with Gasteiger partial charge >= 0.3 is 5.97 Å². The number of ether oxygens (including phenoxy) is 1. The van der Waals surface area contributed by atoms with Crippen LogP contribution in [0.5, 0.6) is 0 Å². The maximum atomic E-state index is 12.1. The summed E-state index contributed by atoms with van der Waals surface area (Å²) in [6.07, 6.45) is 1.42. The van der Waals surface area contributed by atoms with E-state index >= 15 is 0 Å². The summed E-state index contributed by atoms with van der Waals surface area (Å²) < 4.78 is 5.19.